The van der Waals surface area contributed by atoms with Crippen molar-refractivity contribution < 1.29 is 19.0 Å². The highest BCUT2D eigenvalue weighted by atomic mass is 35.5. The molecule has 0 saturated carbocycles. The average molecular weight is 381 g/mol. The van der Waals surface area contributed by atoms with E-state index in [1.165, 1.54) is 19.2 Å². The lowest BCUT2D eigenvalue weighted by atomic mass is 9.57. The first-order chi connectivity index (χ1) is 12.2. The van der Waals surface area contributed by atoms with Crippen LogP contribution >= 0.6 is 11.6 Å². The molecule has 1 aliphatic heterocycles. The van der Waals surface area contributed by atoms with Crippen LogP contribution in [0, 0.1) is 28.5 Å². The van der Waals surface area contributed by atoms with Gasteiger partial charge < -0.3 is 15.2 Å². The molecule has 5 nitrogen and oxygen atoms in total. The van der Waals surface area contributed by atoms with Gasteiger partial charge in [0.2, 0.25) is 0 Å². The molecule has 1 heterocycles. The lowest BCUT2D eigenvalue weighted by molar-refractivity contribution is -0.157. The maximum absolute atomic E-state index is 14.8. The molecule has 1 aliphatic rings. The zero-order chi connectivity index (χ0) is 19.6. The number of benzene rings is 1. The molecule has 26 heavy (non-hydrogen) atoms. The van der Waals surface area contributed by atoms with Gasteiger partial charge in [0.15, 0.2) is 0 Å². The lowest BCUT2D eigenvalue weighted by Crippen LogP contribution is -2.61. The van der Waals surface area contributed by atoms with E-state index in [1.807, 2.05) is 0 Å². The maximum Gasteiger partial charge on any atom is 0.313 e. The highest BCUT2D eigenvalue weighted by Gasteiger charge is 2.59. The van der Waals surface area contributed by atoms with Gasteiger partial charge in [-0.3, -0.25) is 4.79 Å². The first kappa shape index (κ1) is 20.2. The van der Waals surface area contributed by atoms with Crippen LogP contribution in [0.25, 0.3) is 0 Å². The fourth-order valence-corrected chi connectivity index (χ4v) is 4.17. The summed E-state index contributed by atoms with van der Waals surface area (Å²) in [5.74, 6) is -3.12. The summed E-state index contributed by atoms with van der Waals surface area (Å²) in [6.45, 7) is 5.31. The largest absolute Gasteiger partial charge is 0.481 e. The summed E-state index contributed by atoms with van der Waals surface area (Å²) in [7, 11) is 1.48. The van der Waals surface area contributed by atoms with Crippen LogP contribution in [0.15, 0.2) is 29.5 Å². The maximum atomic E-state index is 14.8. The smallest absolute Gasteiger partial charge is 0.313 e. The molecule has 0 fully saturated rings. The zero-order valence-electron chi connectivity index (χ0n) is 15.1. The molecule has 3 atom stereocenters. The molecule has 3 unspecified atom stereocenters. The Balaban J connectivity index is 2.88. The number of nitrogens with zero attached hydrogens (tertiary/aromatic N) is 1. The summed E-state index contributed by atoms with van der Waals surface area (Å²) in [6, 6.07) is 5.55. The predicted octanol–water partition coefficient (Wildman–Crippen LogP) is 3.71. The molecule has 0 aliphatic carbocycles. The Kier molecular flexibility index (Phi) is 5.94. The minimum atomic E-state index is -1.48. The summed E-state index contributed by atoms with van der Waals surface area (Å²) in [5.41, 5.74) is -0.611. The van der Waals surface area contributed by atoms with Crippen LogP contribution in [0.5, 0.6) is 0 Å². The minimum Gasteiger partial charge on any atom is -0.481 e. The summed E-state index contributed by atoms with van der Waals surface area (Å²) in [4.78, 5) is 12.6. The number of halogens is 2. The van der Waals surface area contributed by atoms with Gasteiger partial charge in [-0.15, -0.1) is 0 Å². The van der Waals surface area contributed by atoms with E-state index in [4.69, 9.17) is 16.3 Å². The zero-order valence-corrected chi connectivity index (χ0v) is 15.9. The second kappa shape index (κ2) is 7.65. The van der Waals surface area contributed by atoms with Gasteiger partial charge >= 0.3 is 5.97 Å². The van der Waals surface area contributed by atoms with Crippen LogP contribution in [0.1, 0.15) is 32.3 Å². The van der Waals surface area contributed by atoms with E-state index in [2.05, 4.69) is 11.4 Å². The number of ether oxygens (including phenoxy) is 1. The van der Waals surface area contributed by atoms with E-state index in [9.17, 15) is 19.6 Å². The molecular formula is C19H22ClFN2O3. The van der Waals surface area contributed by atoms with Crippen LogP contribution in [0.4, 0.5) is 4.39 Å². The van der Waals surface area contributed by atoms with Crippen molar-refractivity contribution in [2.75, 3.05) is 13.7 Å². The number of rotatable bonds is 5. The van der Waals surface area contributed by atoms with Crippen molar-refractivity contribution in [3.8, 4) is 6.07 Å². The minimum absolute atomic E-state index is 0.103. The molecule has 0 aromatic heterocycles. The van der Waals surface area contributed by atoms with Crippen LogP contribution in [-0.2, 0) is 9.53 Å². The van der Waals surface area contributed by atoms with Crippen molar-refractivity contribution in [3.63, 3.8) is 0 Å². The highest BCUT2D eigenvalue weighted by Crippen LogP contribution is 2.53. The van der Waals surface area contributed by atoms with E-state index >= 15 is 0 Å². The van der Waals surface area contributed by atoms with E-state index in [-0.39, 0.29) is 22.8 Å². The Bertz CT molecular complexity index is 787. The second-order valence-electron chi connectivity index (χ2n) is 6.79. The van der Waals surface area contributed by atoms with E-state index in [0.717, 1.165) is 6.07 Å². The van der Waals surface area contributed by atoms with Gasteiger partial charge in [-0.05, 0) is 30.5 Å². The van der Waals surface area contributed by atoms with Crippen molar-refractivity contribution in [2.24, 2.45) is 11.3 Å². The number of methoxy groups -OCH3 is 1. The molecule has 0 radical (unpaired) electrons. The van der Waals surface area contributed by atoms with E-state index < -0.39 is 35.1 Å². The van der Waals surface area contributed by atoms with Crippen LogP contribution < -0.4 is 5.32 Å². The molecule has 1 aromatic rings. The summed E-state index contributed by atoms with van der Waals surface area (Å²) in [6.07, 6.45) is 0. The van der Waals surface area contributed by atoms with Gasteiger partial charge in [-0.2, -0.15) is 5.26 Å². The second-order valence-corrected chi connectivity index (χ2v) is 7.23. The predicted molar refractivity (Wildman–Crippen MR) is 96.2 cm³/mol. The van der Waals surface area contributed by atoms with Crippen LogP contribution in [0.2, 0.25) is 5.02 Å². The van der Waals surface area contributed by atoms with Gasteiger partial charge in [0, 0.05) is 23.7 Å². The number of nitrogens with one attached hydrogen (secondary N) is 1. The number of aliphatic carboxylic acids is 1. The molecule has 140 valence electrons. The summed E-state index contributed by atoms with van der Waals surface area (Å²) >= 11 is 5.86. The Hall–Kier alpha value is -2.10. The number of carboxylic acids is 1. The Morgan fingerprint density at radius 3 is 2.65 bits per heavy atom. The van der Waals surface area contributed by atoms with Crippen LogP contribution in [0.3, 0.4) is 0 Å². The Morgan fingerprint density at radius 1 is 1.54 bits per heavy atom. The van der Waals surface area contributed by atoms with Crippen molar-refractivity contribution in [1.29, 1.82) is 5.26 Å². The summed E-state index contributed by atoms with van der Waals surface area (Å²) < 4.78 is 20.0. The van der Waals surface area contributed by atoms with Crippen molar-refractivity contribution in [2.45, 2.75) is 32.7 Å². The van der Waals surface area contributed by atoms with Crippen LogP contribution in [-0.4, -0.2) is 30.8 Å². The van der Waals surface area contributed by atoms with E-state index in [0.29, 0.717) is 5.70 Å². The first-order valence-corrected chi connectivity index (χ1v) is 8.64. The molecule has 0 bridgehead atoms. The van der Waals surface area contributed by atoms with Crippen molar-refractivity contribution >= 4 is 17.6 Å². The quantitative estimate of drug-likeness (QED) is 0.813. The molecule has 7 heteroatoms. The number of nitriles is 1. The van der Waals surface area contributed by atoms with Gasteiger partial charge in [0.05, 0.1) is 24.3 Å². The lowest BCUT2D eigenvalue weighted by Gasteiger charge is -2.49. The van der Waals surface area contributed by atoms with Crippen molar-refractivity contribution in [1.82, 2.24) is 5.32 Å². The number of hydrogen-bond donors (Lipinski definition) is 2. The molecule has 0 saturated heterocycles. The Morgan fingerprint density at radius 2 is 2.19 bits per heavy atom. The fourth-order valence-electron chi connectivity index (χ4n) is 4.01. The fraction of sp³-hybridized carbons (Fsp3) is 0.474. The highest BCUT2D eigenvalue weighted by molar-refractivity contribution is 6.30. The van der Waals surface area contributed by atoms with Gasteiger partial charge in [-0.1, -0.05) is 31.5 Å². The molecule has 1 aromatic carbocycles. The topological polar surface area (TPSA) is 82.3 Å². The normalized spacial score (nSPS) is 25.8. The Labute approximate surface area is 157 Å². The van der Waals surface area contributed by atoms with Gasteiger partial charge in [-0.25, -0.2) is 4.39 Å². The number of carbonyl (C=O) groups is 1. The average Bonchev–Trinajstić information content (AvgIpc) is 2.54. The molecule has 0 amide bonds. The summed E-state index contributed by atoms with van der Waals surface area (Å²) in [5, 5.41) is 23.3. The molecule has 2 N–H and O–H groups in total. The first-order valence-electron chi connectivity index (χ1n) is 8.26. The number of hydrogen-bond acceptors (Lipinski definition) is 4. The SMILES string of the molecule is COCC1NC(C)=C(C#N)C(c2ccc(Cl)cc2F)C1(C(=O)O)C(C)C. The third-order valence-corrected chi connectivity index (χ3v) is 5.43. The van der Waals surface area contributed by atoms with Gasteiger partial charge in [0.1, 0.15) is 11.2 Å². The molecule has 2 rings (SSSR count). The third-order valence-electron chi connectivity index (χ3n) is 5.19. The van der Waals surface area contributed by atoms with Gasteiger partial charge in [0.25, 0.3) is 0 Å². The van der Waals surface area contributed by atoms with E-state index in [1.54, 1.807) is 20.8 Å². The third kappa shape index (κ3) is 3.06. The number of carboxylic acid groups (broad SMARTS) is 1. The molecular weight excluding hydrogens is 359 g/mol. The monoisotopic (exact) mass is 380 g/mol. The van der Waals surface area contributed by atoms with Crippen molar-refractivity contribution in [3.05, 3.63) is 45.9 Å². The standard InChI is InChI=1S/C19H22ClFN2O3/c1-10(2)19(18(24)25)16(9-26-4)23-11(3)14(8-22)17(19)13-6-5-12(20)7-15(13)21/h5-7,10,16-17,23H,9H2,1-4H3,(H,24,25). The number of allylic oxidation sites excluding steroid dienone is 2. The molecule has 0 spiro atoms.